The highest BCUT2D eigenvalue weighted by atomic mass is 32.1. The number of ketones is 1. The Morgan fingerprint density at radius 1 is 0.846 bits per heavy atom. The molecule has 4 rings (SSSR count). The first-order valence-corrected chi connectivity index (χ1v) is 8.86. The maximum absolute atomic E-state index is 11.6. The van der Waals surface area contributed by atoms with Crippen molar-refractivity contribution in [2.24, 2.45) is 0 Å². The van der Waals surface area contributed by atoms with Gasteiger partial charge in [0.05, 0.1) is 0 Å². The van der Waals surface area contributed by atoms with Crippen molar-refractivity contribution < 1.29 is 4.79 Å². The van der Waals surface area contributed by atoms with Gasteiger partial charge in [-0.05, 0) is 18.1 Å². The van der Waals surface area contributed by atoms with Gasteiger partial charge in [0.15, 0.2) is 11.5 Å². The molecular weight excluding hydrogens is 346 g/mol. The zero-order chi connectivity index (χ0) is 18.1. The Morgan fingerprint density at radius 2 is 1.42 bits per heavy atom. The molecule has 0 unspecified atom stereocenters. The highest BCUT2D eigenvalue weighted by molar-refractivity contribution is 7.14. The van der Waals surface area contributed by atoms with Crippen molar-refractivity contribution in [3.8, 4) is 33.0 Å². The van der Waals surface area contributed by atoms with Crippen LogP contribution in [0.2, 0.25) is 0 Å². The molecule has 0 fully saturated rings. The second-order valence-corrected chi connectivity index (χ2v) is 7.04. The number of carbonyl (C=O) groups is 1. The van der Waals surface area contributed by atoms with Crippen molar-refractivity contribution in [3.63, 3.8) is 0 Å². The Labute approximate surface area is 153 Å². The number of nitrogens with zero attached hydrogens (tertiary/aromatic N) is 4. The number of Topliss-reactive ketones (excluding diaryl/α,β-unsaturated/α-hetero) is 1. The van der Waals surface area contributed by atoms with Crippen molar-refractivity contribution in [3.05, 3.63) is 59.2 Å². The number of nitrogens with one attached hydrogen (secondary N) is 1. The smallest absolute Gasteiger partial charge is 0.182 e. The fraction of sp³-hybridized carbons (Fsp3) is 0.105. The van der Waals surface area contributed by atoms with Crippen LogP contribution in [0.4, 0.5) is 0 Å². The summed E-state index contributed by atoms with van der Waals surface area (Å²) in [5, 5.41) is 20.6. The van der Waals surface area contributed by atoms with E-state index in [0.717, 1.165) is 32.3 Å². The van der Waals surface area contributed by atoms with Crippen LogP contribution < -0.4 is 0 Å². The highest BCUT2D eigenvalue weighted by Gasteiger charge is 2.14. The summed E-state index contributed by atoms with van der Waals surface area (Å²) in [6.45, 7) is 3.43. The van der Waals surface area contributed by atoms with Gasteiger partial charge < -0.3 is 0 Å². The number of aromatic amines is 1. The van der Waals surface area contributed by atoms with Crippen LogP contribution in [0, 0.1) is 6.92 Å². The first kappa shape index (κ1) is 16.3. The third-order valence-electron chi connectivity index (χ3n) is 4.03. The maximum Gasteiger partial charge on any atom is 0.182 e. The lowest BCUT2D eigenvalue weighted by Crippen LogP contribution is -1.95. The quantitative estimate of drug-likeness (QED) is 0.552. The molecule has 0 aliphatic rings. The monoisotopic (exact) mass is 361 g/mol. The zero-order valence-electron chi connectivity index (χ0n) is 14.2. The van der Waals surface area contributed by atoms with Crippen LogP contribution in [-0.4, -0.2) is 31.4 Å². The first-order chi connectivity index (χ1) is 12.6. The van der Waals surface area contributed by atoms with Crippen molar-refractivity contribution in [2.75, 3.05) is 0 Å². The summed E-state index contributed by atoms with van der Waals surface area (Å²) in [6.07, 6.45) is 0. The zero-order valence-corrected chi connectivity index (χ0v) is 15.0. The molecule has 0 amide bonds. The van der Waals surface area contributed by atoms with Crippen molar-refractivity contribution in [2.45, 2.75) is 13.8 Å². The second-order valence-electron chi connectivity index (χ2n) is 5.86. The van der Waals surface area contributed by atoms with Gasteiger partial charge in [-0.3, -0.25) is 4.79 Å². The summed E-state index contributed by atoms with van der Waals surface area (Å²) in [5.41, 5.74) is 5.04. The van der Waals surface area contributed by atoms with Gasteiger partial charge in [-0.1, -0.05) is 59.9 Å². The van der Waals surface area contributed by atoms with Crippen LogP contribution in [0.15, 0.2) is 48.5 Å². The number of aryl methyl sites for hydroxylation is 1. The maximum atomic E-state index is 11.6. The molecule has 7 heteroatoms. The Kier molecular flexibility index (Phi) is 4.14. The minimum Gasteiger partial charge on any atom is -0.293 e. The predicted octanol–water partition coefficient (Wildman–Crippen LogP) is 4.17. The fourth-order valence-corrected chi connectivity index (χ4v) is 3.41. The van der Waals surface area contributed by atoms with E-state index in [0.29, 0.717) is 11.4 Å². The summed E-state index contributed by atoms with van der Waals surface area (Å²) in [7, 11) is 0. The van der Waals surface area contributed by atoms with E-state index in [-0.39, 0.29) is 5.78 Å². The molecule has 128 valence electrons. The van der Waals surface area contributed by atoms with Gasteiger partial charge in [0.1, 0.15) is 15.7 Å². The summed E-state index contributed by atoms with van der Waals surface area (Å²) >= 11 is 1.58. The average molecular weight is 361 g/mol. The van der Waals surface area contributed by atoms with E-state index >= 15 is 0 Å². The normalized spacial score (nSPS) is 10.8. The molecule has 0 aliphatic heterocycles. The lowest BCUT2D eigenvalue weighted by atomic mass is 10.0. The third-order valence-corrected chi connectivity index (χ3v) is 4.92. The molecule has 0 spiro atoms. The Balaban J connectivity index is 1.61. The number of rotatable bonds is 4. The molecule has 0 saturated heterocycles. The number of hydrogen-bond donors (Lipinski definition) is 1. The lowest BCUT2D eigenvalue weighted by Gasteiger charge is -2.05. The Morgan fingerprint density at radius 3 is 1.96 bits per heavy atom. The van der Waals surface area contributed by atoms with E-state index in [1.165, 1.54) is 6.92 Å². The summed E-state index contributed by atoms with van der Waals surface area (Å²) < 4.78 is 0. The summed E-state index contributed by atoms with van der Waals surface area (Å²) in [4.78, 5) is 11.6. The standard InChI is InChI=1S/C19H15N5OS/c1-11(25)17-18(22-24-21-17)15-7-3-13(4-8-15)14-5-9-16(10-6-14)19-23-20-12(2)26-19/h3-10H,1-2H3,(H,21,22,24). The molecular formula is C19H15N5OS. The van der Waals surface area contributed by atoms with Gasteiger partial charge >= 0.3 is 0 Å². The highest BCUT2D eigenvalue weighted by Crippen LogP contribution is 2.28. The van der Waals surface area contributed by atoms with Crippen LogP contribution in [0.25, 0.3) is 33.0 Å². The van der Waals surface area contributed by atoms with Gasteiger partial charge in [-0.15, -0.1) is 10.2 Å². The SMILES string of the molecule is CC(=O)c1n[nH]nc1-c1ccc(-c2ccc(-c3nnc(C)s3)cc2)cc1. The van der Waals surface area contributed by atoms with Gasteiger partial charge in [-0.2, -0.15) is 15.4 Å². The van der Waals surface area contributed by atoms with E-state index in [1.54, 1.807) is 11.3 Å². The van der Waals surface area contributed by atoms with E-state index in [1.807, 2.05) is 31.2 Å². The van der Waals surface area contributed by atoms with Crippen LogP contribution in [-0.2, 0) is 0 Å². The lowest BCUT2D eigenvalue weighted by molar-refractivity contribution is 0.101. The van der Waals surface area contributed by atoms with Crippen molar-refractivity contribution >= 4 is 17.1 Å². The molecule has 1 N–H and O–H groups in total. The molecule has 26 heavy (non-hydrogen) atoms. The van der Waals surface area contributed by atoms with Gasteiger partial charge in [0, 0.05) is 18.1 Å². The molecule has 6 nitrogen and oxygen atoms in total. The number of hydrogen-bond acceptors (Lipinski definition) is 6. The molecule has 4 aromatic rings. The average Bonchev–Trinajstić information content (AvgIpc) is 3.31. The molecule has 0 saturated carbocycles. The van der Waals surface area contributed by atoms with E-state index in [2.05, 4.69) is 49.9 Å². The van der Waals surface area contributed by atoms with Crippen LogP contribution in [0.1, 0.15) is 22.4 Å². The largest absolute Gasteiger partial charge is 0.293 e. The van der Waals surface area contributed by atoms with Crippen LogP contribution in [0.5, 0.6) is 0 Å². The molecule has 0 atom stereocenters. The Hall–Kier alpha value is -3.19. The minimum absolute atomic E-state index is 0.111. The summed E-state index contributed by atoms with van der Waals surface area (Å²) in [6, 6.07) is 16.2. The number of carbonyl (C=O) groups excluding carboxylic acids is 1. The first-order valence-electron chi connectivity index (χ1n) is 8.05. The van der Waals surface area contributed by atoms with Gasteiger partial charge in [0.2, 0.25) is 0 Å². The van der Waals surface area contributed by atoms with Crippen LogP contribution >= 0.6 is 11.3 Å². The van der Waals surface area contributed by atoms with Crippen molar-refractivity contribution in [1.29, 1.82) is 0 Å². The number of H-pyrrole nitrogens is 1. The topological polar surface area (TPSA) is 84.4 Å². The predicted molar refractivity (Wildman–Crippen MR) is 101 cm³/mol. The molecule has 2 aromatic heterocycles. The Bertz CT molecular complexity index is 1060. The number of aromatic nitrogens is 5. The van der Waals surface area contributed by atoms with Gasteiger partial charge in [0.25, 0.3) is 0 Å². The second kappa shape index (κ2) is 6.61. The van der Waals surface area contributed by atoms with E-state index in [9.17, 15) is 4.79 Å². The minimum atomic E-state index is -0.111. The molecule has 2 heterocycles. The molecule has 0 radical (unpaired) electrons. The molecule has 0 bridgehead atoms. The molecule has 2 aromatic carbocycles. The fourth-order valence-electron chi connectivity index (χ4n) is 2.72. The van der Waals surface area contributed by atoms with Crippen LogP contribution in [0.3, 0.4) is 0 Å². The van der Waals surface area contributed by atoms with E-state index < -0.39 is 0 Å². The van der Waals surface area contributed by atoms with Crippen molar-refractivity contribution in [1.82, 2.24) is 25.6 Å². The summed E-state index contributed by atoms with van der Waals surface area (Å²) in [5.74, 6) is -0.111. The van der Waals surface area contributed by atoms with E-state index in [4.69, 9.17) is 0 Å². The van der Waals surface area contributed by atoms with Gasteiger partial charge in [-0.25, -0.2) is 0 Å². The number of benzene rings is 2. The third kappa shape index (κ3) is 3.04. The molecule has 0 aliphatic carbocycles.